The summed E-state index contributed by atoms with van der Waals surface area (Å²) in [5.74, 6) is -0.195. The summed E-state index contributed by atoms with van der Waals surface area (Å²) in [5.41, 5.74) is 2.47. The number of anilines is 1. The first kappa shape index (κ1) is 28.9. The van der Waals surface area contributed by atoms with Crippen molar-refractivity contribution in [2.75, 3.05) is 25.5 Å². The summed E-state index contributed by atoms with van der Waals surface area (Å²) >= 11 is 6.33. The summed E-state index contributed by atoms with van der Waals surface area (Å²) in [5, 5.41) is 12.0. The predicted octanol–water partition coefficient (Wildman–Crippen LogP) is 4.60. The molecule has 0 spiro atoms. The standard InChI is InChI=1S/C30H37ClN6O4/c1-3-37-29-21(18-34-37)27(32-16-19-10-11-25(41-2)23(31)14-19)22(17-33-29)30(40)35-24-9-5-4-8-20(28(24)39)15-26(38)36-12-6-7-13-36/h10-11,14,17-18,20,24H,3-9,12-13,15-16H2,1-2H3,(H,32,33)(H,35,40)/t20?,24-/m0/s1. The van der Waals surface area contributed by atoms with Crippen molar-refractivity contribution in [2.24, 2.45) is 5.92 Å². The maximum absolute atomic E-state index is 13.7. The lowest BCUT2D eigenvalue weighted by Crippen LogP contribution is -2.44. The summed E-state index contributed by atoms with van der Waals surface area (Å²) in [6.07, 6.45) is 8.37. The Morgan fingerprint density at radius 3 is 2.63 bits per heavy atom. The van der Waals surface area contributed by atoms with E-state index < -0.39 is 6.04 Å². The minimum absolute atomic E-state index is 0.0422. The van der Waals surface area contributed by atoms with Gasteiger partial charge >= 0.3 is 0 Å². The molecule has 1 aromatic carbocycles. The van der Waals surface area contributed by atoms with Crippen molar-refractivity contribution in [3.63, 3.8) is 0 Å². The Hall–Kier alpha value is -3.66. The number of aryl methyl sites for hydroxylation is 1. The van der Waals surface area contributed by atoms with Crippen LogP contribution in [0.4, 0.5) is 5.69 Å². The number of ketones is 1. The van der Waals surface area contributed by atoms with Crippen LogP contribution in [0.25, 0.3) is 11.0 Å². The zero-order valence-electron chi connectivity index (χ0n) is 23.6. The third-order valence-corrected chi connectivity index (χ3v) is 8.42. The number of aromatic nitrogens is 3. The molecule has 218 valence electrons. The smallest absolute Gasteiger partial charge is 0.255 e. The molecule has 41 heavy (non-hydrogen) atoms. The maximum atomic E-state index is 13.7. The highest BCUT2D eigenvalue weighted by Gasteiger charge is 2.34. The average Bonchev–Trinajstić information content (AvgIpc) is 3.63. The van der Waals surface area contributed by atoms with Crippen LogP contribution in [0, 0.1) is 5.92 Å². The van der Waals surface area contributed by atoms with Gasteiger partial charge in [-0.25, -0.2) is 9.67 Å². The molecule has 2 aliphatic rings. The molecule has 2 fully saturated rings. The number of carbonyl (C=O) groups is 3. The van der Waals surface area contributed by atoms with Gasteiger partial charge in [-0.3, -0.25) is 14.4 Å². The number of hydrogen-bond donors (Lipinski definition) is 2. The van der Waals surface area contributed by atoms with Crippen molar-refractivity contribution in [2.45, 2.75) is 71.0 Å². The molecular weight excluding hydrogens is 544 g/mol. The summed E-state index contributed by atoms with van der Waals surface area (Å²) in [7, 11) is 1.57. The van der Waals surface area contributed by atoms with E-state index in [0.29, 0.717) is 59.0 Å². The highest BCUT2D eigenvalue weighted by molar-refractivity contribution is 6.32. The Bertz CT molecular complexity index is 1430. The van der Waals surface area contributed by atoms with Gasteiger partial charge in [0, 0.05) is 44.7 Å². The molecule has 3 heterocycles. The molecule has 1 aliphatic carbocycles. The maximum Gasteiger partial charge on any atom is 0.255 e. The molecule has 1 saturated heterocycles. The van der Waals surface area contributed by atoms with Crippen molar-refractivity contribution < 1.29 is 19.1 Å². The number of pyridine rings is 1. The Balaban J connectivity index is 1.37. The second-order valence-corrected chi connectivity index (χ2v) is 11.2. The van der Waals surface area contributed by atoms with E-state index >= 15 is 0 Å². The SMILES string of the molecule is CCn1ncc2c(NCc3ccc(OC)c(Cl)c3)c(C(=O)N[C@H]3CCCCC(CC(=O)N4CCCC4)C3=O)cnc21. The molecule has 1 aliphatic heterocycles. The number of fused-ring (bicyclic) bond motifs is 1. The van der Waals surface area contributed by atoms with Crippen molar-refractivity contribution in [1.82, 2.24) is 25.0 Å². The fourth-order valence-corrected chi connectivity index (χ4v) is 6.11. The molecule has 1 saturated carbocycles. The second-order valence-electron chi connectivity index (χ2n) is 10.8. The molecule has 11 heteroatoms. The first-order valence-electron chi connectivity index (χ1n) is 14.4. The van der Waals surface area contributed by atoms with Gasteiger partial charge in [0.25, 0.3) is 5.91 Å². The number of methoxy groups -OCH3 is 1. The quantitative estimate of drug-likeness (QED) is 0.355. The lowest BCUT2D eigenvalue weighted by atomic mass is 9.92. The number of carbonyl (C=O) groups excluding carboxylic acids is 3. The van der Waals surface area contributed by atoms with Crippen molar-refractivity contribution in [1.29, 1.82) is 0 Å². The lowest BCUT2D eigenvalue weighted by Gasteiger charge is -2.23. The van der Waals surface area contributed by atoms with Gasteiger partial charge in [-0.1, -0.05) is 30.5 Å². The second kappa shape index (κ2) is 12.9. The number of ether oxygens (including phenoxy) is 1. The third-order valence-electron chi connectivity index (χ3n) is 8.12. The van der Waals surface area contributed by atoms with Gasteiger partial charge < -0.3 is 20.3 Å². The molecule has 2 atom stereocenters. The van der Waals surface area contributed by atoms with E-state index in [1.165, 1.54) is 6.20 Å². The summed E-state index contributed by atoms with van der Waals surface area (Å²) in [6, 6.07) is 4.87. The van der Waals surface area contributed by atoms with Gasteiger partial charge in [0.1, 0.15) is 5.75 Å². The van der Waals surface area contributed by atoms with E-state index in [0.717, 1.165) is 44.3 Å². The van der Waals surface area contributed by atoms with Crippen LogP contribution in [-0.2, 0) is 22.7 Å². The zero-order chi connectivity index (χ0) is 28.9. The fourth-order valence-electron chi connectivity index (χ4n) is 5.83. The van der Waals surface area contributed by atoms with Crippen LogP contribution < -0.4 is 15.4 Å². The summed E-state index contributed by atoms with van der Waals surface area (Å²) in [4.78, 5) is 46.5. The van der Waals surface area contributed by atoms with E-state index in [4.69, 9.17) is 16.3 Å². The van der Waals surface area contributed by atoms with Gasteiger partial charge in [0.15, 0.2) is 11.4 Å². The van der Waals surface area contributed by atoms with Crippen LogP contribution in [0.5, 0.6) is 5.75 Å². The number of rotatable bonds is 9. The molecule has 2 N–H and O–H groups in total. The van der Waals surface area contributed by atoms with Crippen LogP contribution >= 0.6 is 11.6 Å². The Labute approximate surface area is 244 Å². The number of Topliss-reactive ketones (excluding diaryl/α,β-unsaturated/α-hetero) is 1. The molecule has 10 nitrogen and oxygen atoms in total. The van der Waals surface area contributed by atoms with Gasteiger partial charge in [0.2, 0.25) is 5.91 Å². The number of amides is 2. The van der Waals surface area contributed by atoms with Crippen molar-refractivity contribution in [3.8, 4) is 5.75 Å². The minimum Gasteiger partial charge on any atom is -0.495 e. The van der Waals surface area contributed by atoms with Crippen LogP contribution in [0.1, 0.15) is 67.8 Å². The number of hydrogen-bond acceptors (Lipinski definition) is 7. The average molecular weight is 581 g/mol. The summed E-state index contributed by atoms with van der Waals surface area (Å²) < 4.78 is 7.02. The van der Waals surface area contributed by atoms with Crippen LogP contribution in [0.15, 0.2) is 30.6 Å². The first-order valence-corrected chi connectivity index (χ1v) is 14.8. The number of nitrogens with zero attached hydrogens (tertiary/aromatic N) is 4. The molecule has 0 radical (unpaired) electrons. The third kappa shape index (κ3) is 6.32. The predicted molar refractivity (Wildman–Crippen MR) is 157 cm³/mol. The van der Waals surface area contributed by atoms with Crippen LogP contribution in [-0.4, -0.2) is 63.5 Å². The number of nitrogens with one attached hydrogen (secondary N) is 2. The lowest BCUT2D eigenvalue weighted by molar-refractivity contribution is -0.135. The normalized spacial score (nSPS) is 19.3. The molecule has 1 unspecified atom stereocenters. The minimum atomic E-state index is -0.649. The van der Waals surface area contributed by atoms with E-state index in [2.05, 4.69) is 20.7 Å². The largest absolute Gasteiger partial charge is 0.495 e. The molecule has 2 aromatic heterocycles. The molecule has 0 bridgehead atoms. The van der Waals surface area contributed by atoms with Crippen molar-refractivity contribution >= 4 is 45.9 Å². The molecular formula is C30H37ClN6O4. The zero-order valence-corrected chi connectivity index (χ0v) is 24.4. The highest BCUT2D eigenvalue weighted by Crippen LogP contribution is 2.30. The Morgan fingerprint density at radius 1 is 1.12 bits per heavy atom. The van der Waals surface area contributed by atoms with Gasteiger partial charge in [0.05, 0.1) is 41.0 Å². The number of benzene rings is 1. The topological polar surface area (TPSA) is 118 Å². The molecule has 5 rings (SSSR count). The molecule has 2 amide bonds. The number of halogens is 1. The Kier molecular flexibility index (Phi) is 9.07. The van der Waals surface area contributed by atoms with Gasteiger partial charge in [-0.2, -0.15) is 5.10 Å². The van der Waals surface area contributed by atoms with E-state index in [9.17, 15) is 14.4 Å². The monoisotopic (exact) mass is 580 g/mol. The first-order chi connectivity index (χ1) is 19.9. The van der Waals surface area contributed by atoms with E-state index in [1.54, 1.807) is 24.1 Å². The number of likely N-dealkylation sites (tertiary alicyclic amines) is 1. The fraction of sp³-hybridized carbons (Fsp3) is 0.500. The van der Waals surface area contributed by atoms with Crippen LogP contribution in [0.2, 0.25) is 5.02 Å². The van der Waals surface area contributed by atoms with Gasteiger partial charge in [-0.05, 0) is 50.3 Å². The molecule has 3 aromatic rings. The van der Waals surface area contributed by atoms with Crippen molar-refractivity contribution in [3.05, 3.63) is 46.7 Å². The van der Waals surface area contributed by atoms with Crippen LogP contribution in [0.3, 0.4) is 0 Å². The summed E-state index contributed by atoms with van der Waals surface area (Å²) in [6.45, 7) is 4.53. The van der Waals surface area contributed by atoms with E-state index in [1.807, 2.05) is 24.0 Å². The Morgan fingerprint density at radius 2 is 1.90 bits per heavy atom. The highest BCUT2D eigenvalue weighted by atomic mass is 35.5. The van der Waals surface area contributed by atoms with Gasteiger partial charge in [-0.15, -0.1) is 0 Å². The van der Waals surface area contributed by atoms with E-state index in [-0.39, 0.29) is 29.9 Å².